The molecule has 4 heteroatoms. The van der Waals surface area contributed by atoms with Crippen LogP contribution >= 0.6 is 0 Å². The second-order valence-corrected chi connectivity index (χ2v) is 7.93. The lowest BCUT2D eigenvalue weighted by atomic mass is 9.86. The van der Waals surface area contributed by atoms with Gasteiger partial charge >= 0.3 is 0 Å². The molecule has 134 valence electrons. The molecule has 4 nitrogen and oxygen atoms in total. The van der Waals surface area contributed by atoms with E-state index in [1.54, 1.807) is 0 Å². The van der Waals surface area contributed by atoms with Crippen LogP contribution in [-0.2, 0) is 10.2 Å². The van der Waals surface area contributed by atoms with Gasteiger partial charge in [-0.3, -0.25) is 4.79 Å². The van der Waals surface area contributed by atoms with Gasteiger partial charge in [-0.1, -0.05) is 31.4 Å². The molecule has 1 saturated heterocycles. The van der Waals surface area contributed by atoms with Crippen LogP contribution in [0.3, 0.4) is 0 Å². The summed E-state index contributed by atoms with van der Waals surface area (Å²) in [6.45, 7) is 7.30. The van der Waals surface area contributed by atoms with Crippen molar-refractivity contribution in [3.8, 4) is 6.07 Å². The molecule has 0 radical (unpaired) electrons. The maximum absolute atomic E-state index is 12.7. The minimum atomic E-state index is -0.455. The van der Waals surface area contributed by atoms with Gasteiger partial charge in [0.25, 0.3) is 0 Å². The maximum Gasteiger partial charge on any atom is 0.225 e. The van der Waals surface area contributed by atoms with Crippen LogP contribution in [0.4, 0.5) is 5.69 Å². The van der Waals surface area contributed by atoms with Crippen LogP contribution in [0.2, 0.25) is 0 Å². The van der Waals surface area contributed by atoms with E-state index >= 15 is 0 Å². The summed E-state index contributed by atoms with van der Waals surface area (Å²) in [7, 11) is 0. The molecule has 0 N–H and O–H groups in total. The molecule has 0 aromatic heterocycles. The highest BCUT2D eigenvalue weighted by Gasteiger charge is 2.28. The molecule has 1 aromatic rings. The molecule has 2 aliphatic rings. The topological polar surface area (TPSA) is 47.3 Å². The molecule has 3 rings (SSSR count). The number of piperazine rings is 1. The number of amides is 1. The molecule has 25 heavy (non-hydrogen) atoms. The molecule has 0 bridgehead atoms. The summed E-state index contributed by atoms with van der Waals surface area (Å²) in [5.41, 5.74) is 1.77. The number of carbonyl (C=O) groups is 1. The first-order valence-electron chi connectivity index (χ1n) is 9.57. The standard InChI is InChI=1S/C21H29N3O/c1-21(2,16-22)18-8-10-19(11-9-18)23-12-14-24(15-13-23)20(25)17-6-4-3-5-7-17/h8-11,17H,3-7,12-15H2,1-2H3. The molecule has 1 aliphatic heterocycles. The van der Waals surface area contributed by atoms with E-state index in [0.29, 0.717) is 5.91 Å². The van der Waals surface area contributed by atoms with Crippen molar-refractivity contribution in [1.82, 2.24) is 4.90 Å². The summed E-state index contributed by atoms with van der Waals surface area (Å²) >= 11 is 0. The van der Waals surface area contributed by atoms with Crippen LogP contribution in [0.5, 0.6) is 0 Å². The van der Waals surface area contributed by atoms with E-state index in [1.165, 1.54) is 24.9 Å². The first-order chi connectivity index (χ1) is 12.0. The van der Waals surface area contributed by atoms with E-state index in [-0.39, 0.29) is 5.92 Å². The fraction of sp³-hybridized carbons (Fsp3) is 0.619. The van der Waals surface area contributed by atoms with Crippen molar-refractivity contribution in [2.75, 3.05) is 31.1 Å². The summed E-state index contributed by atoms with van der Waals surface area (Å²) in [4.78, 5) is 17.1. The Labute approximate surface area is 151 Å². The molecule has 0 atom stereocenters. The summed E-state index contributed by atoms with van der Waals surface area (Å²) in [6, 6.07) is 10.7. The Bertz CT molecular complexity index is 630. The third-order valence-corrected chi connectivity index (χ3v) is 5.78. The predicted molar refractivity (Wildman–Crippen MR) is 100 cm³/mol. The molecule has 0 unspecified atom stereocenters. The van der Waals surface area contributed by atoms with Crippen molar-refractivity contribution in [3.05, 3.63) is 29.8 Å². The second-order valence-electron chi connectivity index (χ2n) is 7.93. The fourth-order valence-corrected chi connectivity index (χ4v) is 3.95. The van der Waals surface area contributed by atoms with Crippen LogP contribution < -0.4 is 4.90 Å². The zero-order valence-corrected chi connectivity index (χ0v) is 15.5. The average Bonchev–Trinajstić information content (AvgIpc) is 2.68. The number of hydrogen-bond acceptors (Lipinski definition) is 3. The number of nitriles is 1. The number of carbonyl (C=O) groups excluding carboxylic acids is 1. The lowest BCUT2D eigenvalue weighted by Crippen LogP contribution is -2.50. The van der Waals surface area contributed by atoms with Crippen molar-refractivity contribution in [3.63, 3.8) is 0 Å². The normalized spacial score (nSPS) is 19.6. The van der Waals surface area contributed by atoms with E-state index < -0.39 is 5.41 Å². The van der Waals surface area contributed by atoms with Gasteiger partial charge in [-0.2, -0.15) is 5.26 Å². The van der Waals surface area contributed by atoms with E-state index in [0.717, 1.165) is 44.6 Å². The summed E-state index contributed by atoms with van der Waals surface area (Å²) in [5.74, 6) is 0.651. The highest BCUT2D eigenvalue weighted by atomic mass is 16.2. The fourth-order valence-electron chi connectivity index (χ4n) is 3.95. The molecule has 2 fully saturated rings. The Balaban J connectivity index is 1.57. The van der Waals surface area contributed by atoms with Crippen LogP contribution in [0.25, 0.3) is 0 Å². The second kappa shape index (κ2) is 7.47. The summed E-state index contributed by atoms with van der Waals surface area (Å²) < 4.78 is 0. The van der Waals surface area contributed by atoms with Crippen LogP contribution in [0.1, 0.15) is 51.5 Å². The number of hydrogen-bond donors (Lipinski definition) is 0. The van der Waals surface area contributed by atoms with E-state index in [4.69, 9.17) is 0 Å². The predicted octanol–water partition coefficient (Wildman–Crippen LogP) is 3.72. The number of benzene rings is 1. The summed E-state index contributed by atoms with van der Waals surface area (Å²) in [6.07, 6.45) is 5.87. The highest BCUT2D eigenvalue weighted by molar-refractivity contribution is 5.79. The quantitative estimate of drug-likeness (QED) is 0.843. The Hall–Kier alpha value is -2.02. The molecule has 1 heterocycles. The Morgan fingerprint density at radius 2 is 1.64 bits per heavy atom. The molecule has 1 amide bonds. The lowest BCUT2D eigenvalue weighted by molar-refractivity contribution is -0.136. The molecule has 1 aliphatic carbocycles. The molecule has 1 saturated carbocycles. The zero-order valence-electron chi connectivity index (χ0n) is 15.5. The van der Waals surface area contributed by atoms with Gasteiger partial charge in [-0.05, 0) is 44.4 Å². The first kappa shape index (κ1) is 17.8. The molecule has 0 spiro atoms. The van der Waals surface area contributed by atoms with Gasteiger partial charge in [0.15, 0.2) is 0 Å². The average molecular weight is 339 g/mol. The molecule has 1 aromatic carbocycles. The van der Waals surface area contributed by atoms with Crippen molar-refractivity contribution >= 4 is 11.6 Å². The monoisotopic (exact) mass is 339 g/mol. The SMILES string of the molecule is CC(C)(C#N)c1ccc(N2CCN(C(=O)C3CCCCC3)CC2)cc1. The van der Waals surface area contributed by atoms with E-state index in [1.807, 2.05) is 13.8 Å². The zero-order chi connectivity index (χ0) is 17.9. The largest absolute Gasteiger partial charge is 0.368 e. The first-order valence-corrected chi connectivity index (χ1v) is 9.57. The Morgan fingerprint density at radius 1 is 1.04 bits per heavy atom. The van der Waals surface area contributed by atoms with Crippen molar-refractivity contribution in [1.29, 1.82) is 5.26 Å². The minimum Gasteiger partial charge on any atom is -0.368 e. The van der Waals surface area contributed by atoms with Gasteiger partial charge in [-0.15, -0.1) is 0 Å². The minimum absolute atomic E-state index is 0.271. The van der Waals surface area contributed by atoms with Crippen LogP contribution in [-0.4, -0.2) is 37.0 Å². The maximum atomic E-state index is 12.7. The van der Waals surface area contributed by atoms with E-state index in [2.05, 4.69) is 40.1 Å². The Morgan fingerprint density at radius 3 is 2.20 bits per heavy atom. The third-order valence-electron chi connectivity index (χ3n) is 5.78. The number of rotatable bonds is 3. The highest BCUT2D eigenvalue weighted by Crippen LogP contribution is 2.28. The van der Waals surface area contributed by atoms with Crippen molar-refractivity contribution in [2.45, 2.75) is 51.4 Å². The lowest BCUT2D eigenvalue weighted by Gasteiger charge is -2.38. The van der Waals surface area contributed by atoms with Crippen molar-refractivity contribution < 1.29 is 4.79 Å². The number of anilines is 1. The summed E-state index contributed by atoms with van der Waals surface area (Å²) in [5, 5.41) is 9.26. The van der Waals surface area contributed by atoms with Gasteiger partial charge < -0.3 is 9.80 Å². The van der Waals surface area contributed by atoms with Gasteiger partial charge in [0, 0.05) is 37.8 Å². The van der Waals surface area contributed by atoms with Crippen LogP contribution in [0, 0.1) is 17.2 Å². The van der Waals surface area contributed by atoms with Gasteiger partial charge in [0.05, 0.1) is 11.5 Å². The molecular weight excluding hydrogens is 310 g/mol. The van der Waals surface area contributed by atoms with E-state index in [9.17, 15) is 10.1 Å². The van der Waals surface area contributed by atoms with Crippen LogP contribution in [0.15, 0.2) is 24.3 Å². The Kier molecular flexibility index (Phi) is 5.32. The van der Waals surface area contributed by atoms with Gasteiger partial charge in [0.2, 0.25) is 5.91 Å². The van der Waals surface area contributed by atoms with Crippen molar-refractivity contribution in [2.24, 2.45) is 5.92 Å². The van der Waals surface area contributed by atoms with Gasteiger partial charge in [0.1, 0.15) is 0 Å². The van der Waals surface area contributed by atoms with Gasteiger partial charge in [-0.25, -0.2) is 0 Å². The third kappa shape index (κ3) is 3.98. The smallest absolute Gasteiger partial charge is 0.225 e. The molecular formula is C21H29N3O. The number of nitrogens with zero attached hydrogens (tertiary/aromatic N) is 3.